The maximum Gasteiger partial charge on any atom is 0.416 e. The van der Waals surface area contributed by atoms with Crippen molar-refractivity contribution < 1.29 is 18.0 Å². The first-order valence-corrected chi connectivity index (χ1v) is 9.01. The van der Waals surface area contributed by atoms with Gasteiger partial charge in [0.25, 0.3) is 5.91 Å². The van der Waals surface area contributed by atoms with Crippen LogP contribution in [-0.4, -0.2) is 51.0 Å². The second-order valence-electron chi connectivity index (χ2n) is 7.09. The number of aromatic nitrogens is 3. The van der Waals surface area contributed by atoms with E-state index in [1.807, 2.05) is 4.90 Å². The zero-order chi connectivity index (χ0) is 19.0. The van der Waals surface area contributed by atoms with Gasteiger partial charge in [-0.25, -0.2) is 4.68 Å². The number of alkyl halides is 3. The fraction of sp³-hybridized carbons (Fsp3) is 0.500. The van der Waals surface area contributed by atoms with Gasteiger partial charge < -0.3 is 10.2 Å². The van der Waals surface area contributed by atoms with Crippen molar-refractivity contribution in [2.75, 3.05) is 13.1 Å². The van der Waals surface area contributed by atoms with Gasteiger partial charge in [0.1, 0.15) is 0 Å². The van der Waals surface area contributed by atoms with Crippen LogP contribution in [0.2, 0.25) is 0 Å². The number of carbonyl (C=O) groups excluding carboxylic acids is 1. The molecule has 27 heavy (non-hydrogen) atoms. The Morgan fingerprint density at radius 1 is 1.22 bits per heavy atom. The molecule has 144 valence electrons. The van der Waals surface area contributed by atoms with Gasteiger partial charge in [-0.05, 0) is 43.5 Å². The Hall–Kier alpha value is -2.42. The summed E-state index contributed by atoms with van der Waals surface area (Å²) in [6.07, 6.45) is 0.0127. The first-order chi connectivity index (χ1) is 12.9. The topological polar surface area (TPSA) is 63.1 Å². The molecule has 0 aliphatic carbocycles. The second kappa shape index (κ2) is 6.95. The van der Waals surface area contributed by atoms with Gasteiger partial charge in [0.05, 0.1) is 18.3 Å². The smallest absolute Gasteiger partial charge is 0.330 e. The van der Waals surface area contributed by atoms with E-state index in [0.29, 0.717) is 5.56 Å². The Bertz CT molecular complexity index is 820. The van der Waals surface area contributed by atoms with Gasteiger partial charge in [0.15, 0.2) is 5.69 Å². The van der Waals surface area contributed by atoms with Crippen LogP contribution < -0.4 is 5.32 Å². The molecule has 2 aliphatic rings. The molecule has 0 saturated carbocycles. The van der Waals surface area contributed by atoms with Crippen molar-refractivity contribution in [3.8, 4) is 0 Å². The van der Waals surface area contributed by atoms with Crippen molar-refractivity contribution in [1.82, 2.24) is 25.2 Å². The molecule has 2 fully saturated rings. The summed E-state index contributed by atoms with van der Waals surface area (Å²) in [6.45, 7) is 1.80. The predicted molar refractivity (Wildman–Crippen MR) is 91.0 cm³/mol. The van der Waals surface area contributed by atoms with Gasteiger partial charge in [0.2, 0.25) is 0 Å². The molecular weight excluding hydrogens is 359 g/mol. The molecule has 0 radical (unpaired) electrons. The molecule has 0 unspecified atom stereocenters. The van der Waals surface area contributed by atoms with Crippen LogP contribution in [0.3, 0.4) is 0 Å². The van der Waals surface area contributed by atoms with Crippen molar-refractivity contribution in [3.63, 3.8) is 0 Å². The Balaban J connectivity index is 1.50. The van der Waals surface area contributed by atoms with E-state index in [0.717, 1.165) is 44.5 Å². The minimum absolute atomic E-state index is 0.124. The van der Waals surface area contributed by atoms with Crippen LogP contribution >= 0.6 is 0 Å². The number of amides is 1. The standard InChI is InChI=1S/C18H20F3N5O/c19-18(20,21)13-3-1-2-12(8-13)10-25-11-16(23-24-25)17(27)26-14-4-5-15(26)9-22-7-6-14/h1-3,8,11,14-15,22H,4-7,9-10H2/t14-,15+/m1/s1. The quantitative estimate of drug-likeness (QED) is 0.889. The summed E-state index contributed by atoms with van der Waals surface area (Å²) in [7, 11) is 0. The Kier molecular flexibility index (Phi) is 4.63. The molecule has 1 amide bonds. The third kappa shape index (κ3) is 3.69. The Morgan fingerprint density at radius 2 is 2.04 bits per heavy atom. The van der Waals surface area contributed by atoms with Gasteiger partial charge in [-0.1, -0.05) is 17.3 Å². The minimum atomic E-state index is -4.39. The lowest BCUT2D eigenvalue weighted by atomic mass is 10.1. The van der Waals surface area contributed by atoms with E-state index in [4.69, 9.17) is 0 Å². The van der Waals surface area contributed by atoms with Gasteiger partial charge in [-0.3, -0.25) is 4.79 Å². The highest BCUT2D eigenvalue weighted by Gasteiger charge is 2.39. The summed E-state index contributed by atoms with van der Waals surface area (Å²) in [5.74, 6) is -0.151. The maximum absolute atomic E-state index is 12.9. The molecule has 2 atom stereocenters. The van der Waals surface area contributed by atoms with Crippen LogP contribution in [0.15, 0.2) is 30.5 Å². The van der Waals surface area contributed by atoms with E-state index < -0.39 is 11.7 Å². The molecular formula is C18H20F3N5O. The summed E-state index contributed by atoms with van der Waals surface area (Å²) in [5.41, 5.74) is -0.0152. The maximum atomic E-state index is 12.9. The molecule has 6 nitrogen and oxygen atoms in total. The molecule has 1 N–H and O–H groups in total. The van der Waals surface area contributed by atoms with Crippen molar-refractivity contribution in [3.05, 3.63) is 47.3 Å². The molecule has 3 heterocycles. The third-order valence-corrected chi connectivity index (χ3v) is 5.25. The van der Waals surface area contributed by atoms with E-state index in [2.05, 4.69) is 15.6 Å². The average Bonchev–Trinajstić information content (AvgIpc) is 3.17. The molecule has 1 aromatic carbocycles. The number of fused-ring (bicyclic) bond motifs is 2. The number of halogens is 3. The normalized spacial score (nSPS) is 22.7. The minimum Gasteiger partial charge on any atom is -0.330 e. The second-order valence-corrected chi connectivity index (χ2v) is 7.09. The molecule has 2 aromatic rings. The number of nitrogens with one attached hydrogen (secondary N) is 1. The van der Waals surface area contributed by atoms with Crippen molar-refractivity contribution in [2.24, 2.45) is 0 Å². The molecule has 2 saturated heterocycles. The molecule has 9 heteroatoms. The van der Waals surface area contributed by atoms with E-state index in [1.54, 1.807) is 6.07 Å². The largest absolute Gasteiger partial charge is 0.416 e. The number of rotatable bonds is 3. The van der Waals surface area contributed by atoms with Crippen molar-refractivity contribution in [1.29, 1.82) is 0 Å². The van der Waals surface area contributed by atoms with Crippen molar-refractivity contribution in [2.45, 2.75) is 44.1 Å². The van der Waals surface area contributed by atoms with E-state index in [9.17, 15) is 18.0 Å². The third-order valence-electron chi connectivity index (χ3n) is 5.25. The highest BCUT2D eigenvalue weighted by atomic mass is 19.4. The predicted octanol–water partition coefficient (Wildman–Crippen LogP) is 2.31. The van der Waals surface area contributed by atoms with Crippen LogP contribution in [0.1, 0.15) is 40.9 Å². The summed E-state index contributed by atoms with van der Waals surface area (Å²) in [5, 5.41) is 11.2. The fourth-order valence-corrected chi connectivity index (χ4v) is 3.95. The summed E-state index contributed by atoms with van der Waals surface area (Å²) in [6, 6.07) is 5.46. The average molecular weight is 379 g/mol. The zero-order valence-electron chi connectivity index (χ0n) is 14.6. The van der Waals surface area contributed by atoms with Gasteiger partial charge in [0, 0.05) is 18.6 Å². The Morgan fingerprint density at radius 3 is 2.85 bits per heavy atom. The highest BCUT2D eigenvalue weighted by molar-refractivity contribution is 5.92. The van der Waals surface area contributed by atoms with Crippen LogP contribution in [0, 0.1) is 0 Å². The van der Waals surface area contributed by atoms with Crippen molar-refractivity contribution >= 4 is 5.91 Å². The van der Waals surface area contributed by atoms with Crippen LogP contribution in [0.5, 0.6) is 0 Å². The molecule has 1 aromatic heterocycles. The molecule has 2 bridgehead atoms. The van der Waals surface area contributed by atoms with Gasteiger partial charge in [-0.2, -0.15) is 13.2 Å². The number of hydrogen-bond acceptors (Lipinski definition) is 4. The first-order valence-electron chi connectivity index (χ1n) is 9.01. The summed E-state index contributed by atoms with van der Waals surface area (Å²) >= 11 is 0. The van der Waals surface area contributed by atoms with Gasteiger partial charge in [-0.15, -0.1) is 5.10 Å². The van der Waals surface area contributed by atoms with E-state index in [-0.39, 0.29) is 30.2 Å². The van der Waals surface area contributed by atoms with Crippen LogP contribution in [-0.2, 0) is 12.7 Å². The molecule has 0 spiro atoms. The Labute approximate surface area is 154 Å². The van der Waals surface area contributed by atoms with E-state index >= 15 is 0 Å². The summed E-state index contributed by atoms with van der Waals surface area (Å²) < 4.78 is 39.9. The monoisotopic (exact) mass is 379 g/mol. The number of benzene rings is 1. The molecule has 2 aliphatic heterocycles. The molecule has 4 rings (SSSR count). The number of hydrogen-bond donors (Lipinski definition) is 1. The lowest BCUT2D eigenvalue weighted by Gasteiger charge is -2.26. The highest BCUT2D eigenvalue weighted by Crippen LogP contribution is 2.30. The van der Waals surface area contributed by atoms with Crippen LogP contribution in [0.4, 0.5) is 13.2 Å². The summed E-state index contributed by atoms with van der Waals surface area (Å²) in [4.78, 5) is 14.8. The SMILES string of the molecule is O=C(c1cn(Cc2cccc(C(F)(F)F)c2)nn1)N1[C@H]2CCNC[C@@H]1CC2. The van der Waals surface area contributed by atoms with Gasteiger partial charge >= 0.3 is 6.18 Å². The lowest BCUT2D eigenvalue weighted by molar-refractivity contribution is -0.137. The van der Waals surface area contributed by atoms with E-state index in [1.165, 1.54) is 16.9 Å². The fourth-order valence-electron chi connectivity index (χ4n) is 3.95. The number of nitrogens with zero attached hydrogens (tertiary/aromatic N) is 4. The first kappa shape index (κ1) is 18.0. The lowest BCUT2D eigenvalue weighted by Crippen LogP contribution is -2.42. The number of carbonyl (C=O) groups is 1. The van der Waals surface area contributed by atoms with Crippen LogP contribution in [0.25, 0.3) is 0 Å². The zero-order valence-corrected chi connectivity index (χ0v) is 14.6.